The summed E-state index contributed by atoms with van der Waals surface area (Å²) in [6, 6.07) is 27.3. The maximum Gasteiger partial charge on any atom is 0.131 e. The second-order valence-electron chi connectivity index (χ2n) is 17.0. The molecule has 4 nitrogen and oxygen atoms in total. The van der Waals surface area contributed by atoms with Gasteiger partial charge in [0.1, 0.15) is 35.4 Å². The fourth-order valence-electron chi connectivity index (χ4n) is 11.9. The Bertz CT molecular complexity index is 2420. The van der Waals surface area contributed by atoms with E-state index in [0.29, 0.717) is 0 Å². The van der Waals surface area contributed by atoms with Crippen molar-refractivity contribution in [1.29, 1.82) is 21.0 Å². The van der Waals surface area contributed by atoms with E-state index in [0.717, 1.165) is 35.4 Å². The van der Waals surface area contributed by atoms with Gasteiger partial charge in [0.25, 0.3) is 0 Å². The zero-order valence-electron chi connectivity index (χ0n) is 31.6. The fraction of sp³-hybridized carbons (Fsp3) is 0.360. The molecule has 0 atom stereocenters. The normalized spacial score (nSPS) is 20.0. The van der Waals surface area contributed by atoms with E-state index in [2.05, 4.69) is 60.7 Å². The van der Waals surface area contributed by atoms with Crippen LogP contribution in [0, 0.1) is 45.3 Å². The number of fused-ring (bicyclic) bond motifs is 9. The van der Waals surface area contributed by atoms with E-state index in [1.54, 1.807) is 46.0 Å². The van der Waals surface area contributed by atoms with Gasteiger partial charge < -0.3 is 0 Å². The number of thiophene rings is 2. The molecule has 56 heavy (non-hydrogen) atoms. The van der Waals surface area contributed by atoms with Gasteiger partial charge in [0, 0.05) is 35.8 Å². The molecule has 0 N–H and O–H groups in total. The molecular weight excluding hydrogens is 721 g/mol. The molecule has 0 unspecified atom stereocenters. The van der Waals surface area contributed by atoms with E-state index in [9.17, 15) is 21.0 Å². The average molecular weight is 763 g/mol. The van der Waals surface area contributed by atoms with Gasteiger partial charge in [0.05, 0.1) is 0 Å². The molecule has 0 bridgehead atoms. The Morgan fingerprint density at radius 1 is 0.464 bits per heavy atom. The van der Waals surface area contributed by atoms with Crippen LogP contribution in [0.5, 0.6) is 0 Å². The molecule has 2 aromatic heterocycles. The monoisotopic (exact) mass is 762 g/mol. The van der Waals surface area contributed by atoms with Gasteiger partial charge in [0.15, 0.2) is 0 Å². The quantitative estimate of drug-likeness (QED) is 0.193. The summed E-state index contributed by atoms with van der Waals surface area (Å²) in [4.78, 5) is 4.44. The first-order valence-corrected chi connectivity index (χ1v) is 22.2. The molecule has 3 saturated carbocycles. The maximum atomic E-state index is 9.44. The van der Waals surface area contributed by atoms with Crippen molar-refractivity contribution in [3.8, 4) is 35.4 Å². The lowest BCUT2D eigenvalue weighted by Crippen LogP contribution is -2.30. The molecule has 0 saturated heterocycles. The van der Waals surface area contributed by atoms with Crippen LogP contribution in [0.15, 0.2) is 59.7 Å². The number of allylic oxidation sites excluding steroid dienone is 4. The Morgan fingerprint density at radius 2 is 0.839 bits per heavy atom. The van der Waals surface area contributed by atoms with Crippen LogP contribution in [0.1, 0.15) is 149 Å². The number of hydrogen-bond donors (Lipinski definition) is 0. The molecule has 6 aliphatic rings. The summed E-state index contributed by atoms with van der Waals surface area (Å²) in [5.41, 5.74) is 15.0. The highest BCUT2D eigenvalue weighted by Crippen LogP contribution is 2.64. The number of hydrogen-bond acceptors (Lipinski definition) is 6. The van der Waals surface area contributed by atoms with E-state index in [1.807, 2.05) is 24.3 Å². The highest BCUT2D eigenvalue weighted by molar-refractivity contribution is 7.14. The molecule has 6 aliphatic carbocycles. The lowest BCUT2D eigenvalue weighted by atomic mass is 9.65. The SMILES string of the molecule is N#CC(C#N)=Cc1ccc(C2=Cc3cc4c(cc3C23CCCCC3)-c2cc3c(cc2C42CCCCC2)C=C(c2ccc(C=C(C#N)C#N)s2)C32CCCCC2)s1. The van der Waals surface area contributed by atoms with Crippen LogP contribution in [0.2, 0.25) is 0 Å². The first kappa shape index (κ1) is 35.2. The third-order valence-corrected chi connectivity index (χ3v) is 16.5. The number of rotatable bonds is 4. The van der Waals surface area contributed by atoms with Crippen LogP contribution in [-0.2, 0) is 16.2 Å². The highest BCUT2D eigenvalue weighted by atomic mass is 32.1. The van der Waals surface area contributed by atoms with Crippen LogP contribution in [-0.4, -0.2) is 0 Å². The van der Waals surface area contributed by atoms with E-state index >= 15 is 0 Å². The number of benzene rings is 2. The summed E-state index contributed by atoms with van der Waals surface area (Å²) in [7, 11) is 0. The van der Waals surface area contributed by atoms with E-state index in [1.165, 1.54) is 125 Å². The largest absolute Gasteiger partial charge is 0.192 e. The second kappa shape index (κ2) is 13.5. The van der Waals surface area contributed by atoms with Gasteiger partial charge in [-0.15, -0.1) is 22.7 Å². The standard InChI is InChI=1S/C50H42N4S2/c51-28-32(29-52)20-36-10-12-46(55-36)44-24-34-22-42-38(26-40(34)48(44)14-4-1-5-15-48)39-27-41-35(23-43(39)50(42)18-8-3-9-19-50)25-45(49(41)16-6-2-7-17-49)47-13-11-37(56-47)21-33(30-53)31-54/h10-13,20-27H,1-9,14-19H2. The zero-order chi connectivity index (χ0) is 38.1. The summed E-state index contributed by atoms with van der Waals surface area (Å²) >= 11 is 3.43. The molecular formula is C50H42N4S2. The van der Waals surface area contributed by atoms with E-state index < -0.39 is 0 Å². The predicted molar refractivity (Wildman–Crippen MR) is 228 cm³/mol. The molecule has 3 fully saturated rings. The summed E-state index contributed by atoms with van der Waals surface area (Å²) in [5, 5.41) is 37.8. The van der Waals surface area contributed by atoms with Gasteiger partial charge in [-0.2, -0.15) is 21.0 Å². The summed E-state index contributed by atoms with van der Waals surface area (Å²) in [6.07, 6.45) is 26.7. The van der Waals surface area contributed by atoms with Crippen molar-refractivity contribution in [1.82, 2.24) is 0 Å². The summed E-state index contributed by atoms with van der Waals surface area (Å²) in [5.74, 6) is 0. The van der Waals surface area contributed by atoms with Crippen molar-refractivity contribution in [3.05, 3.63) is 113 Å². The minimum Gasteiger partial charge on any atom is -0.192 e. The molecule has 274 valence electrons. The van der Waals surface area contributed by atoms with Crippen LogP contribution >= 0.6 is 22.7 Å². The van der Waals surface area contributed by atoms with Crippen molar-refractivity contribution in [2.45, 2.75) is 113 Å². The van der Waals surface area contributed by atoms with Crippen LogP contribution < -0.4 is 0 Å². The molecule has 10 rings (SSSR count). The lowest BCUT2D eigenvalue weighted by Gasteiger charge is -2.39. The molecule has 4 aromatic rings. The van der Waals surface area contributed by atoms with Gasteiger partial charge in [-0.1, -0.05) is 57.8 Å². The highest BCUT2D eigenvalue weighted by Gasteiger charge is 2.51. The van der Waals surface area contributed by atoms with Gasteiger partial charge in [-0.3, -0.25) is 0 Å². The lowest BCUT2D eigenvalue weighted by molar-refractivity contribution is 0.351. The van der Waals surface area contributed by atoms with Crippen molar-refractivity contribution in [2.75, 3.05) is 0 Å². The second-order valence-corrected chi connectivity index (χ2v) is 19.2. The molecule has 2 heterocycles. The third kappa shape index (κ3) is 5.16. The van der Waals surface area contributed by atoms with Crippen molar-refractivity contribution in [3.63, 3.8) is 0 Å². The molecule has 3 spiro atoms. The number of nitrogens with zero attached hydrogens (tertiary/aromatic N) is 4. The predicted octanol–water partition coefficient (Wildman–Crippen LogP) is 13.4. The smallest absolute Gasteiger partial charge is 0.131 e. The Labute approximate surface area is 338 Å². The topological polar surface area (TPSA) is 95.2 Å². The average Bonchev–Trinajstić information content (AvgIpc) is 4.06. The van der Waals surface area contributed by atoms with Crippen molar-refractivity contribution < 1.29 is 0 Å². The minimum absolute atomic E-state index is 0.0252. The Kier molecular flexibility index (Phi) is 8.46. The molecule has 0 radical (unpaired) electrons. The first-order valence-electron chi connectivity index (χ1n) is 20.5. The van der Waals surface area contributed by atoms with Crippen molar-refractivity contribution in [2.24, 2.45) is 0 Å². The third-order valence-electron chi connectivity index (χ3n) is 14.3. The van der Waals surface area contributed by atoms with Gasteiger partial charge in [0.2, 0.25) is 0 Å². The molecule has 0 aliphatic heterocycles. The Hall–Kier alpha value is -5.24. The molecule has 0 amide bonds. The van der Waals surface area contributed by atoms with E-state index in [-0.39, 0.29) is 27.4 Å². The van der Waals surface area contributed by atoms with Gasteiger partial charge in [-0.05, 0) is 167 Å². The van der Waals surface area contributed by atoms with E-state index in [4.69, 9.17) is 0 Å². The van der Waals surface area contributed by atoms with Crippen molar-refractivity contribution >= 4 is 58.1 Å². The van der Waals surface area contributed by atoms with Crippen LogP contribution in [0.3, 0.4) is 0 Å². The molecule has 2 aromatic carbocycles. The fourth-order valence-corrected chi connectivity index (χ4v) is 14.0. The Morgan fingerprint density at radius 3 is 1.21 bits per heavy atom. The summed E-state index contributed by atoms with van der Waals surface area (Å²) < 4.78 is 0. The summed E-state index contributed by atoms with van der Waals surface area (Å²) in [6.45, 7) is 0. The molecule has 6 heteroatoms. The minimum atomic E-state index is -0.0253. The zero-order valence-corrected chi connectivity index (χ0v) is 33.3. The van der Waals surface area contributed by atoms with Crippen LogP contribution in [0.4, 0.5) is 0 Å². The Balaban J connectivity index is 1.12. The van der Waals surface area contributed by atoms with Gasteiger partial charge in [-0.25, -0.2) is 0 Å². The maximum absolute atomic E-state index is 9.44. The van der Waals surface area contributed by atoms with Crippen LogP contribution in [0.25, 0.3) is 46.6 Å². The van der Waals surface area contributed by atoms with Gasteiger partial charge >= 0.3 is 0 Å². The number of nitriles is 4. The first-order chi connectivity index (χ1) is 27.4.